The van der Waals surface area contributed by atoms with Gasteiger partial charge in [0.25, 0.3) is 0 Å². The van der Waals surface area contributed by atoms with E-state index in [0.717, 1.165) is 0 Å². The molecule has 0 saturated carbocycles. The van der Waals surface area contributed by atoms with Gasteiger partial charge in [-0.3, -0.25) is 4.79 Å². The molecule has 23 heavy (non-hydrogen) atoms. The summed E-state index contributed by atoms with van der Waals surface area (Å²) >= 11 is 0. The van der Waals surface area contributed by atoms with E-state index >= 15 is 0 Å². The van der Waals surface area contributed by atoms with Crippen LogP contribution >= 0.6 is 0 Å². The fourth-order valence-corrected chi connectivity index (χ4v) is 3.59. The van der Waals surface area contributed by atoms with Gasteiger partial charge in [-0.1, -0.05) is 13.8 Å². The van der Waals surface area contributed by atoms with Crippen molar-refractivity contribution in [2.75, 3.05) is 38.7 Å². The lowest BCUT2D eigenvalue weighted by molar-refractivity contribution is -0.118. The number of sulfonamides is 1. The van der Waals surface area contributed by atoms with E-state index in [0.29, 0.717) is 37.7 Å². The van der Waals surface area contributed by atoms with Crippen molar-refractivity contribution in [3.05, 3.63) is 18.2 Å². The molecule has 0 unspecified atom stereocenters. The number of benzene rings is 1. The molecule has 1 aliphatic rings. The molecule has 128 valence electrons. The molecule has 0 radical (unpaired) electrons. The lowest BCUT2D eigenvalue weighted by Gasteiger charge is -2.26. The van der Waals surface area contributed by atoms with Crippen molar-refractivity contribution in [1.29, 1.82) is 0 Å². The second-order valence-corrected chi connectivity index (χ2v) is 7.46. The Bertz CT molecular complexity index is 666. The number of ether oxygens (including phenoxy) is 2. The number of rotatable bonds is 5. The van der Waals surface area contributed by atoms with Crippen LogP contribution in [0, 0.1) is 5.92 Å². The third kappa shape index (κ3) is 4.01. The molecule has 1 heterocycles. The predicted molar refractivity (Wildman–Crippen MR) is 86.0 cm³/mol. The Balaban J connectivity index is 2.34. The Morgan fingerprint density at radius 3 is 2.52 bits per heavy atom. The van der Waals surface area contributed by atoms with Gasteiger partial charge in [-0.25, -0.2) is 8.42 Å². The van der Waals surface area contributed by atoms with Crippen molar-refractivity contribution in [3.63, 3.8) is 0 Å². The summed E-state index contributed by atoms with van der Waals surface area (Å²) in [6.45, 7) is 4.93. The highest BCUT2D eigenvalue weighted by atomic mass is 32.2. The molecular formula is C15H22N2O5S. The molecule has 0 aliphatic carbocycles. The van der Waals surface area contributed by atoms with Gasteiger partial charge in [-0.05, 0) is 18.2 Å². The molecular weight excluding hydrogens is 320 g/mol. The zero-order chi connectivity index (χ0) is 17.0. The van der Waals surface area contributed by atoms with Crippen molar-refractivity contribution in [1.82, 2.24) is 4.31 Å². The molecule has 1 fully saturated rings. The lowest BCUT2D eigenvalue weighted by atomic mass is 10.2. The molecule has 8 heteroatoms. The summed E-state index contributed by atoms with van der Waals surface area (Å²) in [6, 6.07) is 4.46. The highest BCUT2D eigenvalue weighted by Gasteiger charge is 2.27. The molecule has 1 aromatic rings. The zero-order valence-electron chi connectivity index (χ0n) is 13.5. The topological polar surface area (TPSA) is 84.9 Å². The molecule has 0 atom stereocenters. The quantitative estimate of drug-likeness (QED) is 0.872. The normalized spacial score (nSPS) is 16.3. The van der Waals surface area contributed by atoms with Crippen LogP contribution in [0.5, 0.6) is 5.75 Å². The number of morpholine rings is 1. The number of hydrogen-bond acceptors (Lipinski definition) is 5. The van der Waals surface area contributed by atoms with Crippen LogP contribution in [0.1, 0.15) is 13.8 Å². The fourth-order valence-electron chi connectivity index (χ4n) is 2.16. The second-order valence-electron chi connectivity index (χ2n) is 5.52. The number of methoxy groups -OCH3 is 1. The number of nitrogens with zero attached hydrogens (tertiary/aromatic N) is 1. The van der Waals surface area contributed by atoms with Crippen LogP contribution in [-0.2, 0) is 19.6 Å². The molecule has 1 aromatic carbocycles. The highest BCUT2D eigenvalue weighted by molar-refractivity contribution is 7.89. The molecule has 1 saturated heterocycles. The first-order valence-corrected chi connectivity index (χ1v) is 8.87. The molecule has 0 bridgehead atoms. The molecule has 7 nitrogen and oxygen atoms in total. The number of carbonyl (C=O) groups is 1. The van der Waals surface area contributed by atoms with E-state index in [2.05, 4.69) is 5.32 Å². The Hall–Kier alpha value is -1.64. The molecule has 1 amide bonds. The van der Waals surface area contributed by atoms with E-state index in [-0.39, 0.29) is 16.7 Å². The van der Waals surface area contributed by atoms with Crippen molar-refractivity contribution in [3.8, 4) is 5.75 Å². The van der Waals surface area contributed by atoms with Crippen LogP contribution in [0.3, 0.4) is 0 Å². The number of hydrogen-bond donors (Lipinski definition) is 1. The summed E-state index contributed by atoms with van der Waals surface area (Å²) in [5.74, 6) is -0.0108. The fraction of sp³-hybridized carbons (Fsp3) is 0.533. The van der Waals surface area contributed by atoms with Crippen molar-refractivity contribution in [2.24, 2.45) is 5.92 Å². The molecule has 0 spiro atoms. The number of carbonyl (C=O) groups excluding carboxylic acids is 1. The monoisotopic (exact) mass is 342 g/mol. The van der Waals surface area contributed by atoms with Crippen LogP contribution in [0.4, 0.5) is 5.69 Å². The second kappa shape index (κ2) is 7.29. The van der Waals surface area contributed by atoms with E-state index in [1.807, 2.05) is 0 Å². The van der Waals surface area contributed by atoms with Crippen molar-refractivity contribution >= 4 is 21.6 Å². The molecule has 1 N–H and O–H groups in total. The summed E-state index contributed by atoms with van der Waals surface area (Å²) < 4.78 is 37.1. The summed E-state index contributed by atoms with van der Waals surface area (Å²) in [4.78, 5) is 12.0. The summed E-state index contributed by atoms with van der Waals surface area (Å²) in [5.41, 5.74) is 0.348. The average molecular weight is 342 g/mol. The largest absolute Gasteiger partial charge is 0.495 e. The smallest absolute Gasteiger partial charge is 0.243 e. The maximum absolute atomic E-state index is 12.7. The minimum absolute atomic E-state index is 0.124. The van der Waals surface area contributed by atoms with E-state index in [1.165, 1.54) is 23.5 Å². The van der Waals surface area contributed by atoms with Crippen molar-refractivity contribution < 1.29 is 22.7 Å². The van der Waals surface area contributed by atoms with Crippen LogP contribution in [0.15, 0.2) is 23.1 Å². The zero-order valence-corrected chi connectivity index (χ0v) is 14.4. The van der Waals surface area contributed by atoms with Gasteiger partial charge in [0.1, 0.15) is 5.75 Å². The van der Waals surface area contributed by atoms with Crippen LogP contribution in [0.25, 0.3) is 0 Å². The SMILES string of the molecule is COc1ccc(S(=O)(=O)N2CCOCC2)cc1NC(=O)C(C)C. The minimum atomic E-state index is -3.62. The van der Waals surface area contributed by atoms with Gasteiger partial charge in [0, 0.05) is 19.0 Å². The van der Waals surface area contributed by atoms with Gasteiger partial charge in [-0.15, -0.1) is 0 Å². The maximum atomic E-state index is 12.7. The van der Waals surface area contributed by atoms with Gasteiger partial charge >= 0.3 is 0 Å². The van der Waals surface area contributed by atoms with E-state index < -0.39 is 10.0 Å². The first-order valence-electron chi connectivity index (χ1n) is 7.43. The van der Waals surface area contributed by atoms with Gasteiger partial charge in [0.2, 0.25) is 15.9 Å². The number of anilines is 1. The Labute approximate surface area is 136 Å². The standard InChI is InChI=1S/C15H22N2O5S/c1-11(2)15(18)16-13-10-12(4-5-14(13)21-3)23(19,20)17-6-8-22-9-7-17/h4-5,10-11H,6-9H2,1-3H3,(H,16,18). The summed E-state index contributed by atoms with van der Waals surface area (Å²) in [7, 11) is -2.15. The van der Waals surface area contributed by atoms with Crippen molar-refractivity contribution in [2.45, 2.75) is 18.7 Å². The Morgan fingerprint density at radius 2 is 1.96 bits per heavy atom. The Kier molecular flexibility index (Phi) is 5.61. The highest BCUT2D eigenvalue weighted by Crippen LogP contribution is 2.29. The van der Waals surface area contributed by atoms with Gasteiger partial charge < -0.3 is 14.8 Å². The lowest BCUT2D eigenvalue weighted by Crippen LogP contribution is -2.40. The predicted octanol–water partition coefficient (Wildman–Crippen LogP) is 1.31. The minimum Gasteiger partial charge on any atom is -0.495 e. The van der Waals surface area contributed by atoms with Gasteiger partial charge in [-0.2, -0.15) is 4.31 Å². The maximum Gasteiger partial charge on any atom is 0.243 e. The third-order valence-corrected chi connectivity index (χ3v) is 5.46. The first-order chi connectivity index (χ1) is 10.9. The molecule has 0 aromatic heterocycles. The Morgan fingerprint density at radius 1 is 1.30 bits per heavy atom. The van der Waals surface area contributed by atoms with E-state index in [4.69, 9.17) is 9.47 Å². The molecule has 1 aliphatic heterocycles. The number of nitrogens with one attached hydrogen (secondary N) is 1. The van der Waals surface area contributed by atoms with Crippen LogP contribution < -0.4 is 10.1 Å². The molecule has 2 rings (SSSR count). The average Bonchev–Trinajstić information content (AvgIpc) is 2.55. The van der Waals surface area contributed by atoms with Crippen LogP contribution in [0.2, 0.25) is 0 Å². The van der Waals surface area contributed by atoms with Gasteiger partial charge in [0.05, 0.1) is 30.9 Å². The summed E-state index contributed by atoms with van der Waals surface area (Å²) in [6.07, 6.45) is 0. The summed E-state index contributed by atoms with van der Waals surface area (Å²) in [5, 5.41) is 2.70. The van der Waals surface area contributed by atoms with E-state index in [1.54, 1.807) is 19.9 Å². The van der Waals surface area contributed by atoms with Gasteiger partial charge in [0.15, 0.2) is 0 Å². The number of amides is 1. The third-order valence-electron chi connectivity index (χ3n) is 3.56. The van der Waals surface area contributed by atoms with E-state index in [9.17, 15) is 13.2 Å². The van der Waals surface area contributed by atoms with Crippen LogP contribution in [-0.4, -0.2) is 52.0 Å². The first kappa shape index (κ1) is 17.7.